The molecule has 0 N–H and O–H groups in total. The lowest BCUT2D eigenvalue weighted by atomic mass is 9.91. The van der Waals surface area contributed by atoms with Gasteiger partial charge in [0.2, 0.25) is 0 Å². The molecule has 0 nitrogen and oxygen atoms in total. The first-order valence-corrected chi connectivity index (χ1v) is 14.6. The van der Waals surface area contributed by atoms with E-state index in [0.717, 1.165) is 30.7 Å². The predicted molar refractivity (Wildman–Crippen MR) is 155 cm³/mol. The van der Waals surface area contributed by atoms with Crippen LogP contribution in [0.5, 0.6) is 0 Å². The van der Waals surface area contributed by atoms with E-state index in [4.69, 9.17) is 0 Å². The minimum Gasteiger partial charge on any atom is -0.203 e. The summed E-state index contributed by atoms with van der Waals surface area (Å²) in [6.45, 7) is 5.80. The molecule has 0 amide bonds. The number of halogens is 4. The maximum atomic E-state index is 15.8. The number of allylic oxidation sites excluding steroid dienone is 3. The summed E-state index contributed by atoms with van der Waals surface area (Å²) in [5.41, 5.74) is 2.26. The van der Waals surface area contributed by atoms with Gasteiger partial charge in [-0.15, -0.1) is 21.8 Å². The molecule has 1 unspecified atom stereocenters. The third-order valence-electron chi connectivity index (χ3n) is 6.69. The monoisotopic (exact) mass is 550 g/mol. The molecule has 38 heavy (non-hydrogen) atoms. The van der Waals surface area contributed by atoms with Crippen molar-refractivity contribution in [2.75, 3.05) is 0 Å². The average molecular weight is 551 g/mol. The quantitative estimate of drug-likeness (QED) is 0.0969. The first kappa shape index (κ1) is 26.4. The van der Waals surface area contributed by atoms with Crippen molar-refractivity contribution in [3.05, 3.63) is 117 Å². The van der Waals surface area contributed by atoms with Crippen molar-refractivity contribution in [3.63, 3.8) is 0 Å². The lowest BCUT2D eigenvalue weighted by Crippen LogP contribution is -2.06. The molecule has 6 heteroatoms. The van der Waals surface area contributed by atoms with Crippen LogP contribution in [0.25, 0.3) is 32.0 Å². The molecule has 1 aromatic heterocycles. The summed E-state index contributed by atoms with van der Waals surface area (Å²) in [6, 6.07) is 21.0. The first-order chi connectivity index (χ1) is 18.4. The second kappa shape index (κ2) is 10.9. The Hall–Kier alpha value is -3.22. The van der Waals surface area contributed by atoms with Crippen LogP contribution in [0.4, 0.5) is 17.6 Å². The molecule has 0 saturated heterocycles. The van der Waals surface area contributed by atoms with Crippen LogP contribution in [0.3, 0.4) is 0 Å². The van der Waals surface area contributed by atoms with Gasteiger partial charge in [-0.2, -0.15) is 0 Å². The number of hydrogen-bond donors (Lipinski definition) is 0. The number of hydrogen-bond acceptors (Lipinski definition) is 1. The van der Waals surface area contributed by atoms with Crippen molar-refractivity contribution < 1.29 is 17.6 Å². The Morgan fingerprint density at radius 1 is 0.737 bits per heavy atom. The highest BCUT2D eigenvalue weighted by atomic mass is 32.2. The normalized spacial score (nSPS) is 15.4. The Labute approximate surface area is 226 Å². The van der Waals surface area contributed by atoms with E-state index in [1.165, 1.54) is 11.3 Å². The zero-order valence-corrected chi connectivity index (χ0v) is 22.9. The molecule has 1 aliphatic rings. The predicted octanol–water partition coefficient (Wildman–Crippen LogP) is 10.5. The minimum atomic E-state index is -1.79. The molecule has 4 aromatic rings. The molecule has 0 spiro atoms. The number of benzene rings is 3. The molecular formula is C32H26F4S2. The summed E-state index contributed by atoms with van der Waals surface area (Å²) in [4.78, 5) is 3.44. The van der Waals surface area contributed by atoms with Gasteiger partial charge in [-0.05, 0) is 59.1 Å². The van der Waals surface area contributed by atoms with E-state index >= 15 is 8.78 Å². The summed E-state index contributed by atoms with van der Waals surface area (Å²) in [7, 11) is -0.502. The molecular weight excluding hydrogens is 524 g/mol. The molecule has 0 aliphatic carbocycles. The second-order valence-corrected chi connectivity index (χ2v) is 12.0. The molecule has 5 rings (SSSR count). The van der Waals surface area contributed by atoms with E-state index in [-0.39, 0.29) is 11.1 Å². The van der Waals surface area contributed by atoms with Crippen molar-refractivity contribution in [2.45, 2.75) is 33.6 Å². The third kappa shape index (κ3) is 4.40. The van der Waals surface area contributed by atoms with Crippen molar-refractivity contribution in [1.82, 2.24) is 0 Å². The van der Waals surface area contributed by atoms with Crippen molar-refractivity contribution in [2.24, 2.45) is 0 Å². The van der Waals surface area contributed by atoms with Gasteiger partial charge in [0.15, 0.2) is 23.3 Å². The minimum absolute atomic E-state index is 0.212. The molecule has 0 saturated carbocycles. The number of thiophene rings is 1. The molecule has 2 heterocycles. The Morgan fingerprint density at radius 3 is 1.87 bits per heavy atom. The fourth-order valence-corrected chi connectivity index (χ4v) is 8.21. The van der Waals surface area contributed by atoms with Crippen LogP contribution in [0.15, 0.2) is 77.7 Å². The second-order valence-electron chi connectivity index (χ2n) is 8.81. The maximum absolute atomic E-state index is 15.8. The standard InChI is InChI=1S/C32H26F4S2/c1-4-23-21(17-24(37-23)19-13-9-7-10-14-19)27-28(30(34)32(36)31(35)29(27)33)22-18-26(20-15-11-8-12-16-20)38(6-3)25(22)5-2/h6-18H,4-5H2,1-3H3. The number of rotatable bonds is 6. The van der Waals surface area contributed by atoms with Crippen LogP contribution in [0.1, 0.15) is 43.2 Å². The highest BCUT2D eigenvalue weighted by molar-refractivity contribution is 8.26. The molecule has 0 radical (unpaired) electrons. The highest BCUT2D eigenvalue weighted by Crippen LogP contribution is 2.54. The molecule has 194 valence electrons. The first-order valence-electron chi connectivity index (χ1n) is 12.5. The van der Waals surface area contributed by atoms with Gasteiger partial charge in [-0.25, -0.2) is 17.6 Å². The summed E-state index contributed by atoms with van der Waals surface area (Å²) in [6.07, 6.45) is 2.91. The number of aryl methyl sites for hydroxylation is 1. The smallest absolute Gasteiger partial charge is 0.198 e. The molecule has 1 aliphatic heterocycles. The van der Waals surface area contributed by atoms with E-state index in [0.29, 0.717) is 24.0 Å². The van der Waals surface area contributed by atoms with Crippen LogP contribution in [-0.4, -0.2) is 5.37 Å². The van der Waals surface area contributed by atoms with E-state index in [1.807, 2.05) is 92.9 Å². The fraction of sp³-hybridized carbons (Fsp3) is 0.156. The largest absolute Gasteiger partial charge is 0.203 e. The Bertz CT molecular complexity index is 1610. The average Bonchev–Trinajstić information content (AvgIpc) is 3.56. The Balaban J connectivity index is 1.84. The zero-order chi connectivity index (χ0) is 27.0. The molecule has 0 fully saturated rings. The fourth-order valence-electron chi connectivity index (χ4n) is 4.95. The lowest BCUT2D eigenvalue weighted by molar-refractivity contribution is 0.409. The van der Waals surface area contributed by atoms with Gasteiger partial charge in [0, 0.05) is 25.8 Å². The maximum Gasteiger partial charge on any atom is 0.198 e. The van der Waals surface area contributed by atoms with Crippen molar-refractivity contribution in [3.8, 4) is 21.6 Å². The van der Waals surface area contributed by atoms with Crippen molar-refractivity contribution in [1.29, 1.82) is 0 Å². The molecule has 3 aromatic carbocycles. The van der Waals surface area contributed by atoms with Gasteiger partial charge < -0.3 is 0 Å². The Kier molecular flexibility index (Phi) is 7.55. The van der Waals surface area contributed by atoms with Crippen molar-refractivity contribution >= 4 is 37.7 Å². The van der Waals surface area contributed by atoms with Crippen LogP contribution in [0, 0.1) is 23.3 Å². The SMILES string of the molecule is C/C=S1\C(c2ccccc2)=CC(c2c(F)c(F)c(F)c(F)c2-c2cc(-c3ccccc3)sc2CC)=C1CC. The van der Waals surface area contributed by atoms with Crippen LogP contribution in [-0.2, 0) is 6.42 Å². The van der Waals surface area contributed by atoms with Crippen LogP contribution in [0.2, 0.25) is 0 Å². The van der Waals surface area contributed by atoms with Crippen LogP contribution < -0.4 is 0 Å². The van der Waals surface area contributed by atoms with Gasteiger partial charge in [0.1, 0.15) is 0 Å². The van der Waals surface area contributed by atoms with E-state index in [1.54, 1.807) is 6.07 Å². The van der Waals surface area contributed by atoms with E-state index in [2.05, 4.69) is 0 Å². The van der Waals surface area contributed by atoms with Gasteiger partial charge in [-0.1, -0.05) is 79.9 Å². The van der Waals surface area contributed by atoms with Gasteiger partial charge in [0.05, 0.1) is 0 Å². The topological polar surface area (TPSA) is 0 Å². The van der Waals surface area contributed by atoms with E-state index in [9.17, 15) is 8.78 Å². The summed E-state index contributed by atoms with van der Waals surface area (Å²) >= 11 is 1.45. The summed E-state index contributed by atoms with van der Waals surface area (Å²) < 4.78 is 61.3. The van der Waals surface area contributed by atoms with Crippen LogP contribution >= 0.6 is 21.8 Å². The summed E-state index contributed by atoms with van der Waals surface area (Å²) in [5.74, 6) is -6.31. The third-order valence-corrected chi connectivity index (χ3v) is 10.4. The zero-order valence-electron chi connectivity index (χ0n) is 21.2. The van der Waals surface area contributed by atoms with Gasteiger partial charge >= 0.3 is 0 Å². The van der Waals surface area contributed by atoms with Gasteiger partial charge in [-0.3, -0.25) is 0 Å². The van der Waals surface area contributed by atoms with E-state index < -0.39 is 33.8 Å². The molecule has 1 atom stereocenters. The van der Waals surface area contributed by atoms with Gasteiger partial charge in [0.25, 0.3) is 0 Å². The lowest BCUT2D eigenvalue weighted by Gasteiger charge is -2.16. The Morgan fingerprint density at radius 2 is 1.32 bits per heavy atom. The molecule has 0 bridgehead atoms. The summed E-state index contributed by atoms with van der Waals surface area (Å²) in [5, 5.41) is 2.04. The highest BCUT2D eigenvalue weighted by Gasteiger charge is 2.33.